The summed E-state index contributed by atoms with van der Waals surface area (Å²) in [6.45, 7) is 1.19. The number of ether oxygens (including phenoxy) is 2. The molecule has 6 nitrogen and oxygen atoms in total. The van der Waals surface area contributed by atoms with Gasteiger partial charge in [0.1, 0.15) is 18.4 Å². The van der Waals surface area contributed by atoms with E-state index in [1.165, 1.54) is 12.0 Å². The van der Waals surface area contributed by atoms with Crippen LogP contribution in [0.15, 0.2) is 108 Å². The summed E-state index contributed by atoms with van der Waals surface area (Å²) in [6, 6.07) is 31.5. The van der Waals surface area contributed by atoms with Crippen LogP contribution in [0.25, 0.3) is 0 Å². The molecule has 4 aromatic carbocycles. The molecular formula is C32H32N2O4S. The van der Waals surface area contributed by atoms with Crippen molar-refractivity contribution < 1.29 is 19.1 Å². The molecule has 2 N–H and O–H groups in total. The van der Waals surface area contributed by atoms with Crippen LogP contribution < -0.4 is 15.4 Å². The topological polar surface area (TPSA) is 76.7 Å². The van der Waals surface area contributed by atoms with E-state index in [1.54, 1.807) is 36.0 Å². The van der Waals surface area contributed by atoms with Crippen LogP contribution in [0, 0.1) is 0 Å². The van der Waals surface area contributed by atoms with Gasteiger partial charge in [-0.15, -0.1) is 11.8 Å². The number of carbonyl (C=O) groups excluding carboxylic acids is 2. The summed E-state index contributed by atoms with van der Waals surface area (Å²) in [7, 11) is 1.36. The normalized spacial score (nSPS) is 11.3. The highest BCUT2D eigenvalue weighted by Gasteiger charge is 2.22. The highest BCUT2D eigenvalue weighted by Crippen LogP contribution is 2.22. The number of thioether (sulfide) groups is 1. The molecule has 200 valence electrons. The minimum Gasteiger partial charge on any atom is -0.492 e. The van der Waals surface area contributed by atoms with E-state index in [1.807, 2.05) is 54.6 Å². The van der Waals surface area contributed by atoms with Crippen molar-refractivity contribution in [1.82, 2.24) is 0 Å². The van der Waals surface area contributed by atoms with E-state index < -0.39 is 12.0 Å². The van der Waals surface area contributed by atoms with Crippen molar-refractivity contribution in [3.05, 3.63) is 120 Å². The highest BCUT2D eigenvalue weighted by molar-refractivity contribution is 7.98. The monoisotopic (exact) mass is 540 g/mol. The summed E-state index contributed by atoms with van der Waals surface area (Å²) < 4.78 is 10.9. The molecule has 39 heavy (non-hydrogen) atoms. The van der Waals surface area contributed by atoms with Gasteiger partial charge >= 0.3 is 5.97 Å². The lowest BCUT2D eigenvalue weighted by Crippen LogP contribution is -2.33. The number of esters is 1. The average molecular weight is 541 g/mol. The Kier molecular flexibility index (Phi) is 10.0. The first-order valence-electron chi connectivity index (χ1n) is 12.7. The SMILES string of the molecule is COC(=O)C(Cc1ccc(OCCNc2ccc(SC)cc2)cc1)Nc1ccccc1C(=O)c1ccccc1. The Morgan fingerprint density at radius 3 is 2.23 bits per heavy atom. The van der Waals surface area contributed by atoms with Gasteiger partial charge in [-0.25, -0.2) is 4.79 Å². The zero-order chi connectivity index (χ0) is 27.5. The van der Waals surface area contributed by atoms with Crippen LogP contribution in [0.3, 0.4) is 0 Å². The van der Waals surface area contributed by atoms with Gasteiger partial charge in [-0.2, -0.15) is 0 Å². The molecule has 1 atom stereocenters. The van der Waals surface area contributed by atoms with Gasteiger partial charge < -0.3 is 20.1 Å². The van der Waals surface area contributed by atoms with Crippen molar-refractivity contribution in [1.29, 1.82) is 0 Å². The molecular weight excluding hydrogens is 508 g/mol. The maximum Gasteiger partial charge on any atom is 0.328 e. The minimum absolute atomic E-state index is 0.115. The predicted octanol–water partition coefficient (Wildman–Crippen LogP) is 6.33. The Hall–Kier alpha value is -4.23. The number of hydrogen-bond acceptors (Lipinski definition) is 7. The number of benzene rings is 4. The van der Waals surface area contributed by atoms with Crippen molar-refractivity contribution in [3.63, 3.8) is 0 Å². The molecule has 0 saturated heterocycles. The van der Waals surface area contributed by atoms with E-state index in [0.29, 0.717) is 36.4 Å². The lowest BCUT2D eigenvalue weighted by Gasteiger charge is -2.20. The summed E-state index contributed by atoms with van der Waals surface area (Å²) in [5.74, 6) is 0.226. The second-order valence-corrected chi connectivity index (χ2v) is 9.69. The lowest BCUT2D eigenvalue weighted by molar-refractivity contribution is -0.141. The van der Waals surface area contributed by atoms with Gasteiger partial charge in [0.2, 0.25) is 0 Å². The Balaban J connectivity index is 1.36. The fourth-order valence-corrected chi connectivity index (χ4v) is 4.51. The molecule has 0 fully saturated rings. The number of rotatable bonds is 13. The second kappa shape index (κ2) is 14.1. The number of methoxy groups -OCH3 is 1. The fraction of sp³-hybridized carbons (Fsp3) is 0.188. The van der Waals surface area contributed by atoms with Crippen LogP contribution in [0.5, 0.6) is 5.75 Å². The predicted molar refractivity (Wildman–Crippen MR) is 158 cm³/mol. The molecule has 0 aliphatic carbocycles. The van der Waals surface area contributed by atoms with Gasteiger partial charge in [-0.1, -0.05) is 54.6 Å². The van der Waals surface area contributed by atoms with Gasteiger partial charge in [0.15, 0.2) is 5.78 Å². The van der Waals surface area contributed by atoms with E-state index in [9.17, 15) is 9.59 Å². The molecule has 0 amide bonds. The van der Waals surface area contributed by atoms with E-state index in [2.05, 4.69) is 41.2 Å². The molecule has 1 unspecified atom stereocenters. The highest BCUT2D eigenvalue weighted by atomic mass is 32.2. The number of nitrogens with one attached hydrogen (secondary N) is 2. The standard InChI is InChI=1S/C32H32N2O4S/c1-37-32(36)30(34-29-11-7-6-10-28(29)31(35)24-8-4-3-5-9-24)22-23-12-16-26(17-13-23)38-21-20-33-25-14-18-27(39-2)19-15-25/h3-19,30,33-34H,20-22H2,1-2H3. The average Bonchev–Trinajstić information content (AvgIpc) is 3.00. The molecule has 0 spiro atoms. The number of carbonyl (C=O) groups is 2. The summed E-state index contributed by atoms with van der Waals surface area (Å²) in [6.07, 6.45) is 2.44. The third-order valence-corrected chi connectivity index (χ3v) is 6.92. The summed E-state index contributed by atoms with van der Waals surface area (Å²) in [5, 5.41) is 6.59. The molecule has 0 radical (unpaired) electrons. The van der Waals surface area contributed by atoms with Gasteiger partial charge in [0.25, 0.3) is 0 Å². The largest absolute Gasteiger partial charge is 0.492 e. The molecule has 4 aromatic rings. The maximum absolute atomic E-state index is 13.1. The summed E-state index contributed by atoms with van der Waals surface area (Å²) >= 11 is 1.72. The van der Waals surface area contributed by atoms with Crippen LogP contribution in [0.2, 0.25) is 0 Å². The summed E-state index contributed by atoms with van der Waals surface area (Å²) in [5.41, 5.74) is 3.65. The maximum atomic E-state index is 13.1. The molecule has 0 aliphatic rings. The van der Waals surface area contributed by atoms with Gasteiger partial charge in [0.05, 0.1) is 7.11 Å². The first-order chi connectivity index (χ1) is 19.1. The van der Waals surface area contributed by atoms with E-state index in [0.717, 1.165) is 17.0 Å². The quantitative estimate of drug-likeness (QED) is 0.0889. The van der Waals surface area contributed by atoms with Gasteiger partial charge in [0, 0.05) is 40.4 Å². The first kappa shape index (κ1) is 27.8. The van der Waals surface area contributed by atoms with Gasteiger partial charge in [-0.3, -0.25) is 4.79 Å². The van der Waals surface area contributed by atoms with Crippen molar-refractivity contribution >= 4 is 34.9 Å². The molecule has 7 heteroatoms. The van der Waals surface area contributed by atoms with E-state index in [-0.39, 0.29) is 5.78 Å². The molecule has 0 bridgehead atoms. The molecule has 0 aliphatic heterocycles. The molecule has 0 aromatic heterocycles. The molecule has 0 saturated carbocycles. The molecule has 0 heterocycles. The van der Waals surface area contributed by atoms with Crippen LogP contribution in [0.1, 0.15) is 21.5 Å². The Morgan fingerprint density at radius 2 is 1.54 bits per heavy atom. The van der Waals surface area contributed by atoms with Crippen molar-refractivity contribution in [3.8, 4) is 5.75 Å². The minimum atomic E-state index is -0.673. The summed E-state index contributed by atoms with van der Waals surface area (Å²) in [4.78, 5) is 27.0. The number of anilines is 2. The number of para-hydroxylation sites is 1. The van der Waals surface area contributed by atoms with Crippen LogP contribution >= 0.6 is 11.8 Å². The van der Waals surface area contributed by atoms with Crippen LogP contribution in [-0.2, 0) is 16.0 Å². The molecule has 4 rings (SSSR count). The second-order valence-electron chi connectivity index (χ2n) is 8.81. The third-order valence-electron chi connectivity index (χ3n) is 6.18. The van der Waals surface area contributed by atoms with E-state index in [4.69, 9.17) is 9.47 Å². The van der Waals surface area contributed by atoms with Crippen molar-refractivity contribution in [2.45, 2.75) is 17.4 Å². The number of hydrogen-bond donors (Lipinski definition) is 2. The zero-order valence-corrected chi connectivity index (χ0v) is 22.9. The Bertz CT molecular complexity index is 1360. The Labute approximate surface area is 233 Å². The van der Waals surface area contributed by atoms with Crippen molar-refractivity contribution in [2.75, 3.05) is 37.2 Å². The number of ketones is 1. The van der Waals surface area contributed by atoms with Crippen molar-refractivity contribution in [2.24, 2.45) is 0 Å². The van der Waals surface area contributed by atoms with Gasteiger partial charge in [-0.05, 0) is 60.4 Å². The Morgan fingerprint density at radius 1 is 0.846 bits per heavy atom. The zero-order valence-electron chi connectivity index (χ0n) is 22.1. The van der Waals surface area contributed by atoms with Crippen LogP contribution in [-0.4, -0.2) is 44.3 Å². The fourth-order valence-electron chi connectivity index (χ4n) is 4.11. The smallest absolute Gasteiger partial charge is 0.328 e. The van der Waals surface area contributed by atoms with E-state index >= 15 is 0 Å². The van der Waals surface area contributed by atoms with Crippen LogP contribution in [0.4, 0.5) is 11.4 Å². The third kappa shape index (κ3) is 7.88. The first-order valence-corrected chi connectivity index (χ1v) is 13.9. The lowest BCUT2D eigenvalue weighted by atomic mass is 10.00.